The van der Waals surface area contributed by atoms with Gasteiger partial charge in [-0.1, -0.05) is 43.0 Å². The van der Waals surface area contributed by atoms with Crippen molar-refractivity contribution in [3.05, 3.63) is 54.2 Å². The van der Waals surface area contributed by atoms with Crippen molar-refractivity contribution in [2.45, 2.75) is 30.5 Å². The van der Waals surface area contributed by atoms with Gasteiger partial charge in [0.05, 0.1) is 10.3 Å². The van der Waals surface area contributed by atoms with Gasteiger partial charge in [0, 0.05) is 11.9 Å². The molecule has 0 aliphatic carbocycles. The summed E-state index contributed by atoms with van der Waals surface area (Å²) < 4.78 is 0. The van der Waals surface area contributed by atoms with Gasteiger partial charge < -0.3 is 5.32 Å². The minimum atomic E-state index is -0.135. The van der Waals surface area contributed by atoms with Gasteiger partial charge in [-0.15, -0.1) is 0 Å². The summed E-state index contributed by atoms with van der Waals surface area (Å²) in [6.07, 6.45) is 2.51. The molecule has 0 radical (unpaired) electrons. The number of para-hydroxylation sites is 1. The van der Waals surface area contributed by atoms with Crippen molar-refractivity contribution in [1.82, 2.24) is 4.98 Å². The number of pyridine rings is 1. The molecule has 1 aromatic heterocycles. The first-order valence-corrected chi connectivity index (χ1v) is 7.53. The molecule has 0 bridgehead atoms. The standard InChI is InChI=1S/C16H18N2OS/c1-3-14(20-15-10-6-7-11-17-15)16(19)18-13-9-5-4-8-12(13)2/h4-11,14H,3H2,1-2H3,(H,18,19). The van der Waals surface area contributed by atoms with Gasteiger partial charge in [0.25, 0.3) is 0 Å². The minimum Gasteiger partial charge on any atom is -0.325 e. The van der Waals surface area contributed by atoms with E-state index in [-0.39, 0.29) is 11.2 Å². The van der Waals surface area contributed by atoms with Crippen LogP contribution in [0.15, 0.2) is 53.7 Å². The van der Waals surface area contributed by atoms with E-state index < -0.39 is 0 Å². The van der Waals surface area contributed by atoms with E-state index in [0.717, 1.165) is 22.7 Å². The number of carbonyl (C=O) groups is 1. The summed E-state index contributed by atoms with van der Waals surface area (Å²) in [5.41, 5.74) is 1.94. The lowest BCUT2D eigenvalue weighted by atomic mass is 10.2. The normalized spacial score (nSPS) is 11.9. The largest absolute Gasteiger partial charge is 0.325 e. The van der Waals surface area contributed by atoms with Crippen molar-refractivity contribution in [2.75, 3.05) is 5.32 Å². The van der Waals surface area contributed by atoms with Gasteiger partial charge in [-0.25, -0.2) is 4.98 Å². The lowest BCUT2D eigenvalue weighted by Gasteiger charge is -2.15. The molecule has 0 aliphatic rings. The van der Waals surface area contributed by atoms with E-state index in [4.69, 9.17) is 0 Å². The highest BCUT2D eigenvalue weighted by Crippen LogP contribution is 2.25. The molecule has 0 aliphatic heterocycles. The third-order valence-corrected chi connectivity index (χ3v) is 4.28. The van der Waals surface area contributed by atoms with Crippen LogP contribution in [-0.4, -0.2) is 16.1 Å². The van der Waals surface area contributed by atoms with Crippen molar-refractivity contribution in [3.63, 3.8) is 0 Å². The van der Waals surface area contributed by atoms with E-state index in [1.807, 2.05) is 56.3 Å². The molecule has 20 heavy (non-hydrogen) atoms. The number of aryl methyl sites for hydroxylation is 1. The number of hydrogen-bond acceptors (Lipinski definition) is 3. The van der Waals surface area contributed by atoms with E-state index in [1.165, 1.54) is 11.8 Å². The summed E-state index contributed by atoms with van der Waals surface area (Å²) in [5.74, 6) is 0.0254. The second-order valence-corrected chi connectivity index (χ2v) is 5.71. The molecule has 1 amide bonds. The molecule has 0 fully saturated rings. The van der Waals surface area contributed by atoms with Crippen molar-refractivity contribution >= 4 is 23.4 Å². The number of nitrogens with one attached hydrogen (secondary N) is 1. The Bertz CT molecular complexity index is 572. The average Bonchev–Trinajstić information content (AvgIpc) is 2.48. The molecule has 1 unspecified atom stereocenters. The third-order valence-electron chi connectivity index (χ3n) is 2.97. The molecule has 1 N–H and O–H groups in total. The van der Waals surface area contributed by atoms with Gasteiger partial charge >= 0.3 is 0 Å². The van der Waals surface area contributed by atoms with E-state index in [2.05, 4.69) is 10.3 Å². The Morgan fingerprint density at radius 3 is 2.65 bits per heavy atom. The van der Waals surface area contributed by atoms with Crippen molar-refractivity contribution in [3.8, 4) is 0 Å². The van der Waals surface area contributed by atoms with Gasteiger partial charge in [0.1, 0.15) is 0 Å². The topological polar surface area (TPSA) is 42.0 Å². The van der Waals surface area contributed by atoms with Gasteiger partial charge in [-0.2, -0.15) is 0 Å². The Kier molecular flexibility index (Phi) is 5.18. The molecule has 4 heteroatoms. The maximum absolute atomic E-state index is 12.3. The smallest absolute Gasteiger partial charge is 0.237 e. The quantitative estimate of drug-likeness (QED) is 0.848. The minimum absolute atomic E-state index is 0.0254. The van der Waals surface area contributed by atoms with Crippen LogP contribution < -0.4 is 5.32 Å². The summed E-state index contributed by atoms with van der Waals surface area (Å²) in [6, 6.07) is 13.5. The third kappa shape index (κ3) is 3.84. The van der Waals surface area contributed by atoms with E-state index >= 15 is 0 Å². The SMILES string of the molecule is CCC(Sc1ccccn1)C(=O)Nc1ccccc1C. The van der Waals surface area contributed by atoms with Crippen LogP contribution in [0, 0.1) is 6.92 Å². The maximum atomic E-state index is 12.3. The number of hydrogen-bond donors (Lipinski definition) is 1. The van der Waals surface area contributed by atoms with Crippen LogP contribution in [-0.2, 0) is 4.79 Å². The first-order chi connectivity index (χ1) is 9.70. The fourth-order valence-electron chi connectivity index (χ4n) is 1.81. The summed E-state index contributed by atoms with van der Waals surface area (Å²) in [5, 5.41) is 3.73. The molecule has 0 saturated carbocycles. The van der Waals surface area contributed by atoms with Crippen LogP contribution >= 0.6 is 11.8 Å². The summed E-state index contributed by atoms with van der Waals surface area (Å²) in [6.45, 7) is 4.00. The molecule has 3 nitrogen and oxygen atoms in total. The molecule has 0 spiro atoms. The van der Waals surface area contributed by atoms with Gasteiger partial charge in [-0.3, -0.25) is 4.79 Å². The van der Waals surface area contributed by atoms with Crippen LogP contribution in [0.3, 0.4) is 0 Å². The number of nitrogens with zero attached hydrogens (tertiary/aromatic N) is 1. The number of rotatable bonds is 5. The van der Waals surface area contributed by atoms with Crippen LogP contribution in [0.4, 0.5) is 5.69 Å². The number of thioether (sulfide) groups is 1. The van der Waals surface area contributed by atoms with Gasteiger partial charge in [-0.05, 0) is 37.1 Å². The Morgan fingerprint density at radius 2 is 2.00 bits per heavy atom. The van der Waals surface area contributed by atoms with Crippen LogP contribution in [0.5, 0.6) is 0 Å². The van der Waals surface area contributed by atoms with Crippen LogP contribution in [0.25, 0.3) is 0 Å². The molecule has 1 atom stereocenters. The second kappa shape index (κ2) is 7.10. The highest BCUT2D eigenvalue weighted by molar-refractivity contribution is 8.00. The fraction of sp³-hybridized carbons (Fsp3) is 0.250. The zero-order valence-electron chi connectivity index (χ0n) is 11.7. The van der Waals surface area contributed by atoms with E-state index in [0.29, 0.717) is 0 Å². The molecular weight excluding hydrogens is 268 g/mol. The van der Waals surface area contributed by atoms with Gasteiger partial charge in [0.2, 0.25) is 5.91 Å². The lowest BCUT2D eigenvalue weighted by Crippen LogP contribution is -2.25. The zero-order chi connectivity index (χ0) is 14.4. The molecule has 1 aromatic carbocycles. The number of amides is 1. The second-order valence-electron chi connectivity index (χ2n) is 4.49. The first-order valence-electron chi connectivity index (χ1n) is 6.65. The van der Waals surface area contributed by atoms with E-state index in [1.54, 1.807) is 6.20 Å². The monoisotopic (exact) mass is 286 g/mol. The molecular formula is C16H18N2OS. The lowest BCUT2D eigenvalue weighted by molar-refractivity contribution is -0.115. The highest BCUT2D eigenvalue weighted by atomic mass is 32.2. The van der Waals surface area contributed by atoms with Gasteiger partial charge in [0.15, 0.2) is 0 Å². The maximum Gasteiger partial charge on any atom is 0.237 e. The van der Waals surface area contributed by atoms with Crippen molar-refractivity contribution in [2.24, 2.45) is 0 Å². The predicted molar refractivity (Wildman–Crippen MR) is 84.0 cm³/mol. The zero-order valence-corrected chi connectivity index (χ0v) is 12.5. The average molecular weight is 286 g/mol. The van der Waals surface area contributed by atoms with E-state index in [9.17, 15) is 4.79 Å². The molecule has 1 heterocycles. The van der Waals surface area contributed by atoms with Crippen molar-refractivity contribution in [1.29, 1.82) is 0 Å². The van der Waals surface area contributed by atoms with Crippen molar-refractivity contribution < 1.29 is 4.79 Å². The predicted octanol–water partition coefficient (Wildman–Crippen LogP) is 3.90. The number of carbonyl (C=O) groups excluding carboxylic acids is 1. The van der Waals surface area contributed by atoms with Crippen LogP contribution in [0.2, 0.25) is 0 Å². The number of aromatic nitrogens is 1. The summed E-state index contributed by atoms with van der Waals surface area (Å²) in [7, 11) is 0. The Balaban J connectivity index is 2.04. The van der Waals surface area contributed by atoms with Crippen LogP contribution in [0.1, 0.15) is 18.9 Å². The highest BCUT2D eigenvalue weighted by Gasteiger charge is 2.18. The Labute approximate surface area is 123 Å². The first kappa shape index (κ1) is 14.6. The molecule has 2 aromatic rings. The number of benzene rings is 1. The Morgan fingerprint density at radius 1 is 1.25 bits per heavy atom. The molecule has 104 valence electrons. The molecule has 2 rings (SSSR count). The Hall–Kier alpha value is -1.81. The summed E-state index contributed by atoms with van der Waals surface area (Å²) in [4.78, 5) is 16.6. The fourth-order valence-corrected chi connectivity index (χ4v) is 2.71. The summed E-state index contributed by atoms with van der Waals surface area (Å²) >= 11 is 1.50. The number of anilines is 1. The molecule has 0 saturated heterocycles.